The van der Waals surface area contributed by atoms with Crippen molar-refractivity contribution in [2.24, 2.45) is 0 Å². The third-order valence-corrected chi connectivity index (χ3v) is 8.72. The number of carbonyl (C=O) groups is 1. The molecule has 0 unspecified atom stereocenters. The Bertz CT molecular complexity index is 1160. The molecule has 1 heterocycles. The normalized spacial score (nSPS) is 15.4. The van der Waals surface area contributed by atoms with E-state index in [1.807, 2.05) is 13.8 Å². The van der Waals surface area contributed by atoms with E-state index in [4.69, 9.17) is 4.74 Å². The van der Waals surface area contributed by atoms with Crippen molar-refractivity contribution in [3.63, 3.8) is 0 Å². The molecule has 0 bridgehead atoms. The monoisotopic (exact) mass is 495 g/mol. The van der Waals surface area contributed by atoms with Crippen molar-refractivity contribution in [1.82, 2.24) is 13.9 Å². The molecule has 33 heavy (non-hydrogen) atoms. The lowest BCUT2D eigenvalue weighted by molar-refractivity contribution is -0.132. The Morgan fingerprint density at radius 2 is 1.48 bits per heavy atom. The van der Waals surface area contributed by atoms with Gasteiger partial charge < -0.3 is 9.64 Å². The van der Waals surface area contributed by atoms with Gasteiger partial charge in [0.15, 0.2) is 0 Å². The van der Waals surface area contributed by atoms with E-state index >= 15 is 0 Å². The molecule has 0 saturated carbocycles. The summed E-state index contributed by atoms with van der Waals surface area (Å²) in [6.07, 6.45) is -0.00324. The Labute approximate surface area is 195 Å². The average molecular weight is 496 g/mol. The van der Waals surface area contributed by atoms with Crippen molar-refractivity contribution in [2.75, 3.05) is 39.3 Å². The fourth-order valence-electron chi connectivity index (χ4n) is 3.45. The van der Waals surface area contributed by atoms with Gasteiger partial charge in [-0.15, -0.1) is 0 Å². The highest BCUT2D eigenvalue weighted by Gasteiger charge is 2.30. The van der Waals surface area contributed by atoms with Crippen LogP contribution in [0.2, 0.25) is 0 Å². The molecule has 0 aromatic heterocycles. The minimum atomic E-state index is -3.69. The standard InChI is InChI=1S/C22H29N3O6S2/c1-3-31-19-6-10-21(11-7-19)33(29,30)25-16-14-24(15-17-25)22(26)12-13-23-32(27,28)20-8-4-18(2)5-9-20/h4-11,23H,3,12-17H2,1-2H3. The maximum absolute atomic E-state index is 12.9. The quantitative estimate of drug-likeness (QED) is 0.565. The van der Waals surface area contributed by atoms with Crippen molar-refractivity contribution in [3.8, 4) is 5.75 Å². The molecule has 1 amide bonds. The number of hydrogen-bond donors (Lipinski definition) is 1. The van der Waals surface area contributed by atoms with E-state index in [9.17, 15) is 21.6 Å². The Balaban J connectivity index is 1.49. The average Bonchev–Trinajstić information content (AvgIpc) is 2.80. The minimum absolute atomic E-state index is 0.00324. The Kier molecular flexibility index (Phi) is 8.11. The number of piperazine rings is 1. The molecule has 2 aromatic rings. The van der Waals surface area contributed by atoms with Crippen LogP contribution >= 0.6 is 0 Å². The smallest absolute Gasteiger partial charge is 0.243 e. The Morgan fingerprint density at radius 3 is 2.06 bits per heavy atom. The van der Waals surface area contributed by atoms with Gasteiger partial charge in [-0.2, -0.15) is 4.31 Å². The molecule has 11 heteroatoms. The summed E-state index contributed by atoms with van der Waals surface area (Å²) < 4.78 is 59.6. The van der Waals surface area contributed by atoms with Crippen molar-refractivity contribution >= 4 is 26.0 Å². The van der Waals surface area contributed by atoms with E-state index < -0.39 is 20.0 Å². The SMILES string of the molecule is CCOc1ccc(S(=O)(=O)N2CCN(C(=O)CCNS(=O)(=O)c3ccc(C)cc3)CC2)cc1. The van der Waals surface area contributed by atoms with Crippen LogP contribution in [0.15, 0.2) is 58.3 Å². The van der Waals surface area contributed by atoms with Crippen LogP contribution in [0.5, 0.6) is 5.75 Å². The topological polar surface area (TPSA) is 113 Å². The molecule has 3 rings (SSSR count). The van der Waals surface area contributed by atoms with Crippen molar-refractivity contribution < 1.29 is 26.4 Å². The third kappa shape index (κ3) is 6.32. The predicted octanol–water partition coefficient (Wildman–Crippen LogP) is 1.60. The number of ether oxygens (including phenoxy) is 1. The van der Waals surface area contributed by atoms with Crippen LogP contribution in [0.1, 0.15) is 18.9 Å². The summed E-state index contributed by atoms with van der Waals surface area (Å²) in [7, 11) is -7.35. The van der Waals surface area contributed by atoms with Crippen LogP contribution in [0.25, 0.3) is 0 Å². The molecule has 1 aliphatic heterocycles. The second-order valence-corrected chi connectivity index (χ2v) is 11.4. The fraction of sp³-hybridized carbons (Fsp3) is 0.409. The van der Waals surface area contributed by atoms with Gasteiger partial charge in [-0.1, -0.05) is 17.7 Å². The van der Waals surface area contributed by atoms with E-state index in [0.29, 0.717) is 12.4 Å². The predicted molar refractivity (Wildman–Crippen MR) is 124 cm³/mol. The first-order chi connectivity index (χ1) is 15.6. The molecule has 0 atom stereocenters. The number of amides is 1. The van der Waals surface area contributed by atoms with Crippen LogP contribution in [0, 0.1) is 6.92 Å². The van der Waals surface area contributed by atoms with Gasteiger partial charge in [0.05, 0.1) is 16.4 Å². The summed E-state index contributed by atoms with van der Waals surface area (Å²) in [4.78, 5) is 14.4. The van der Waals surface area contributed by atoms with E-state index in [-0.39, 0.29) is 54.8 Å². The first-order valence-electron chi connectivity index (χ1n) is 10.7. The van der Waals surface area contributed by atoms with E-state index in [0.717, 1.165) is 5.56 Å². The molecule has 9 nitrogen and oxygen atoms in total. The van der Waals surface area contributed by atoms with Gasteiger partial charge >= 0.3 is 0 Å². The van der Waals surface area contributed by atoms with Gasteiger partial charge in [-0.3, -0.25) is 4.79 Å². The number of benzene rings is 2. The molecule has 2 aromatic carbocycles. The van der Waals surface area contributed by atoms with Crippen LogP contribution in [-0.2, 0) is 24.8 Å². The Hall–Kier alpha value is -2.47. The lowest BCUT2D eigenvalue weighted by atomic mass is 10.2. The second kappa shape index (κ2) is 10.6. The molecule has 0 radical (unpaired) electrons. The van der Waals surface area contributed by atoms with Crippen molar-refractivity contribution in [3.05, 3.63) is 54.1 Å². The number of sulfonamides is 2. The molecule has 180 valence electrons. The summed E-state index contributed by atoms with van der Waals surface area (Å²) >= 11 is 0. The summed E-state index contributed by atoms with van der Waals surface area (Å²) in [6.45, 7) is 5.04. The van der Waals surface area contributed by atoms with E-state index in [1.165, 1.54) is 28.6 Å². The highest BCUT2D eigenvalue weighted by atomic mass is 32.2. The van der Waals surface area contributed by atoms with Crippen LogP contribution in [-0.4, -0.2) is 71.3 Å². The van der Waals surface area contributed by atoms with E-state index in [2.05, 4.69) is 4.72 Å². The second-order valence-electron chi connectivity index (χ2n) is 7.65. The third-order valence-electron chi connectivity index (χ3n) is 5.33. The molecule has 1 N–H and O–H groups in total. The molecule has 1 fully saturated rings. The molecule has 1 aliphatic rings. The minimum Gasteiger partial charge on any atom is -0.494 e. The fourth-order valence-corrected chi connectivity index (χ4v) is 5.91. The number of hydrogen-bond acceptors (Lipinski definition) is 6. The lowest BCUT2D eigenvalue weighted by Crippen LogP contribution is -2.50. The largest absolute Gasteiger partial charge is 0.494 e. The number of aryl methyl sites for hydroxylation is 1. The highest BCUT2D eigenvalue weighted by molar-refractivity contribution is 7.89. The van der Waals surface area contributed by atoms with Gasteiger partial charge in [-0.05, 0) is 50.2 Å². The number of nitrogens with one attached hydrogen (secondary N) is 1. The first-order valence-corrected chi connectivity index (χ1v) is 13.6. The van der Waals surface area contributed by atoms with Crippen molar-refractivity contribution in [1.29, 1.82) is 0 Å². The number of carbonyl (C=O) groups excluding carboxylic acids is 1. The number of nitrogens with zero attached hydrogens (tertiary/aromatic N) is 2. The molecule has 1 saturated heterocycles. The summed E-state index contributed by atoms with van der Waals surface area (Å²) in [5.41, 5.74) is 0.952. The first kappa shape index (κ1) is 25.2. The van der Waals surface area contributed by atoms with Crippen LogP contribution in [0.4, 0.5) is 0 Å². The van der Waals surface area contributed by atoms with Gasteiger partial charge in [0.25, 0.3) is 0 Å². The summed E-state index contributed by atoms with van der Waals surface area (Å²) in [5, 5.41) is 0. The molecule has 0 spiro atoms. The maximum atomic E-state index is 12.9. The van der Waals surface area contributed by atoms with Gasteiger partial charge in [-0.25, -0.2) is 21.6 Å². The number of rotatable bonds is 9. The maximum Gasteiger partial charge on any atom is 0.243 e. The van der Waals surface area contributed by atoms with Crippen molar-refractivity contribution in [2.45, 2.75) is 30.1 Å². The Morgan fingerprint density at radius 1 is 0.909 bits per heavy atom. The van der Waals surface area contributed by atoms with E-state index in [1.54, 1.807) is 29.2 Å². The van der Waals surface area contributed by atoms with Gasteiger partial charge in [0, 0.05) is 39.1 Å². The molecular formula is C22H29N3O6S2. The summed E-state index contributed by atoms with van der Waals surface area (Å²) in [6, 6.07) is 12.7. The lowest BCUT2D eigenvalue weighted by Gasteiger charge is -2.34. The zero-order chi connectivity index (χ0) is 24.1. The zero-order valence-electron chi connectivity index (χ0n) is 18.7. The van der Waals surface area contributed by atoms with Gasteiger partial charge in [0.1, 0.15) is 5.75 Å². The summed E-state index contributed by atoms with van der Waals surface area (Å²) in [5.74, 6) is 0.379. The molecular weight excluding hydrogens is 466 g/mol. The van der Waals surface area contributed by atoms with Crippen LogP contribution in [0.3, 0.4) is 0 Å². The molecule has 0 aliphatic carbocycles. The highest BCUT2D eigenvalue weighted by Crippen LogP contribution is 2.21. The van der Waals surface area contributed by atoms with Crippen LogP contribution < -0.4 is 9.46 Å². The zero-order valence-corrected chi connectivity index (χ0v) is 20.4. The van der Waals surface area contributed by atoms with Gasteiger partial charge in [0.2, 0.25) is 26.0 Å².